The molecule has 0 radical (unpaired) electrons. The number of benzene rings is 1. The van der Waals surface area contributed by atoms with E-state index >= 15 is 0 Å². The fourth-order valence-electron chi connectivity index (χ4n) is 1.48. The highest BCUT2D eigenvalue weighted by Crippen LogP contribution is 2.25. The van der Waals surface area contributed by atoms with E-state index < -0.39 is 5.97 Å². The molecule has 0 unspecified atom stereocenters. The van der Waals surface area contributed by atoms with Gasteiger partial charge >= 0.3 is 5.97 Å². The molecule has 5 heteroatoms. The number of ether oxygens (including phenoxy) is 1. The second-order valence-corrected chi connectivity index (χ2v) is 3.25. The molecule has 5 nitrogen and oxygen atoms in total. The summed E-state index contributed by atoms with van der Waals surface area (Å²) >= 11 is 0. The van der Waals surface area contributed by atoms with E-state index in [1.165, 1.54) is 7.11 Å². The van der Waals surface area contributed by atoms with Crippen molar-refractivity contribution in [3.63, 3.8) is 0 Å². The predicted octanol–water partition coefficient (Wildman–Crippen LogP) is 1.94. The minimum Gasteiger partial charge on any atom is -0.465 e. The van der Waals surface area contributed by atoms with Crippen molar-refractivity contribution in [2.24, 2.45) is 0 Å². The van der Waals surface area contributed by atoms with Gasteiger partial charge < -0.3 is 9.26 Å². The monoisotopic (exact) mass is 231 g/mol. The number of carbonyl (C=O) groups excluding carboxylic acids is 2. The summed E-state index contributed by atoms with van der Waals surface area (Å²) in [6.45, 7) is 0. The van der Waals surface area contributed by atoms with Crippen LogP contribution in [-0.4, -0.2) is 24.5 Å². The molecule has 0 atom stereocenters. The van der Waals surface area contributed by atoms with Crippen molar-refractivity contribution in [1.29, 1.82) is 0 Å². The van der Waals surface area contributed by atoms with E-state index in [9.17, 15) is 9.59 Å². The molecule has 0 aliphatic rings. The minimum absolute atomic E-state index is 0.0497. The maximum atomic E-state index is 11.6. The van der Waals surface area contributed by atoms with Gasteiger partial charge in [-0.15, -0.1) is 0 Å². The number of hydrogen-bond donors (Lipinski definition) is 0. The predicted molar refractivity (Wildman–Crippen MR) is 58.7 cm³/mol. The molecule has 17 heavy (non-hydrogen) atoms. The van der Waals surface area contributed by atoms with Crippen LogP contribution in [0.3, 0.4) is 0 Å². The quantitative estimate of drug-likeness (QED) is 0.596. The molecular weight excluding hydrogens is 222 g/mol. The van der Waals surface area contributed by atoms with E-state index in [1.54, 1.807) is 24.3 Å². The van der Waals surface area contributed by atoms with E-state index in [4.69, 9.17) is 4.52 Å². The van der Waals surface area contributed by atoms with Gasteiger partial charge in [-0.1, -0.05) is 35.5 Å². The molecule has 2 rings (SSSR count). The summed E-state index contributed by atoms with van der Waals surface area (Å²) in [7, 11) is 1.23. The molecule has 1 aromatic heterocycles. The first-order valence-electron chi connectivity index (χ1n) is 4.86. The maximum absolute atomic E-state index is 11.6. The van der Waals surface area contributed by atoms with Gasteiger partial charge in [-0.05, 0) is 0 Å². The van der Waals surface area contributed by atoms with Crippen molar-refractivity contribution in [3.8, 4) is 11.3 Å². The summed E-state index contributed by atoms with van der Waals surface area (Å²) in [4.78, 5) is 22.3. The largest absolute Gasteiger partial charge is 0.465 e. The Morgan fingerprint density at radius 3 is 2.65 bits per heavy atom. The lowest BCUT2D eigenvalue weighted by Gasteiger charge is -1.99. The van der Waals surface area contributed by atoms with Crippen molar-refractivity contribution in [3.05, 3.63) is 41.7 Å². The second kappa shape index (κ2) is 4.61. The number of esters is 1. The van der Waals surface area contributed by atoms with Crippen molar-refractivity contribution < 1.29 is 18.8 Å². The Bertz CT molecular complexity index is 545. The van der Waals surface area contributed by atoms with Crippen LogP contribution in [0.15, 0.2) is 34.9 Å². The van der Waals surface area contributed by atoms with Gasteiger partial charge in [-0.3, -0.25) is 4.79 Å². The normalized spacial score (nSPS) is 9.94. The first kappa shape index (κ1) is 11.1. The average Bonchev–Trinajstić information content (AvgIpc) is 2.82. The van der Waals surface area contributed by atoms with Gasteiger partial charge in [0.1, 0.15) is 11.3 Å². The van der Waals surface area contributed by atoms with Gasteiger partial charge in [0.25, 0.3) is 0 Å². The molecule has 0 fully saturated rings. The lowest BCUT2D eigenvalue weighted by Crippen LogP contribution is -2.04. The second-order valence-electron chi connectivity index (χ2n) is 3.25. The number of aromatic nitrogens is 1. The first-order valence-corrected chi connectivity index (χ1v) is 4.86. The highest BCUT2D eigenvalue weighted by Gasteiger charge is 2.24. The fraction of sp³-hybridized carbons (Fsp3) is 0.0833. The summed E-state index contributed by atoms with van der Waals surface area (Å²) in [5.41, 5.74) is 1.04. The van der Waals surface area contributed by atoms with E-state index in [2.05, 4.69) is 9.89 Å². The molecule has 0 N–H and O–H groups in total. The van der Waals surface area contributed by atoms with Crippen LogP contribution < -0.4 is 0 Å². The molecule has 0 aliphatic heterocycles. The molecule has 86 valence electrons. The van der Waals surface area contributed by atoms with E-state index in [-0.39, 0.29) is 11.3 Å². The van der Waals surface area contributed by atoms with Crippen LogP contribution in [-0.2, 0) is 4.74 Å². The first-order chi connectivity index (χ1) is 8.27. The highest BCUT2D eigenvalue weighted by molar-refractivity contribution is 6.02. The molecule has 0 bridgehead atoms. The molecule has 1 aromatic carbocycles. The van der Waals surface area contributed by atoms with E-state index in [0.29, 0.717) is 17.5 Å². The van der Waals surface area contributed by atoms with Crippen molar-refractivity contribution in [2.75, 3.05) is 7.11 Å². The van der Waals surface area contributed by atoms with Crippen molar-refractivity contribution >= 4 is 12.3 Å². The van der Waals surface area contributed by atoms with Gasteiger partial charge in [-0.25, -0.2) is 4.79 Å². The van der Waals surface area contributed by atoms with Gasteiger partial charge in [-0.2, -0.15) is 0 Å². The molecule has 0 saturated carbocycles. The third kappa shape index (κ3) is 1.94. The van der Waals surface area contributed by atoms with E-state index in [0.717, 1.165) is 0 Å². The lowest BCUT2D eigenvalue weighted by molar-refractivity contribution is 0.0597. The third-order valence-corrected chi connectivity index (χ3v) is 2.26. The maximum Gasteiger partial charge on any atom is 0.344 e. The Kier molecular flexibility index (Phi) is 3.00. The molecule has 0 saturated heterocycles. The van der Waals surface area contributed by atoms with Crippen molar-refractivity contribution in [1.82, 2.24) is 5.16 Å². The molecule has 0 amide bonds. The number of rotatable bonds is 3. The van der Waals surface area contributed by atoms with Crippen LogP contribution in [0.2, 0.25) is 0 Å². The molecule has 0 aliphatic carbocycles. The zero-order valence-corrected chi connectivity index (χ0v) is 9.04. The van der Waals surface area contributed by atoms with Crippen LogP contribution >= 0.6 is 0 Å². The Hall–Kier alpha value is -2.43. The Labute approximate surface area is 97.0 Å². The van der Waals surface area contributed by atoms with Crippen LogP contribution in [0.5, 0.6) is 0 Å². The average molecular weight is 231 g/mol. The van der Waals surface area contributed by atoms with Crippen LogP contribution in [0, 0.1) is 0 Å². The van der Waals surface area contributed by atoms with Gasteiger partial charge in [0.2, 0.25) is 5.76 Å². The standard InChI is InChI=1S/C12H9NO4/c1-16-12(15)10-9(7-14)17-13-11(10)8-5-3-2-4-6-8/h2-7H,1H3. The van der Waals surface area contributed by atoms with Crippen LogP contribution in [0.25, 0.3) is 11.3 Å². The molecule has 2 aromatic rings. The Morgan fingerprint density at radius 1 is 1.35 bits per heavy atom. The fourth-order valence-corrected chi connectivity index (χ4v) is 1.48. The Balaban J connectivity index is 2.59. The summed E-state index contributed by atoms with van der Waals surface area (Å²) in [6, 6.07) is 8.96. The van der Waals surface area contributed by atoms with Gasteiger partial charge in [0.15, 0.2) is 6.29 Å². The summed E-state index contributed by atoms with van der Waals surface area (Å²) in [5.74, 6) is -0.775. The third-order valence-electron chi connectivity index (χ3n) is 2.26. The number of aldehydes is 1. The molecule has 0 spiro atoms. The molecular formula is C12H9NO4. The Morgan fingerprint density at radius 2 is 2.06 bits per heavy atom. The van der Waals surface area contributed by atoms with Gasteiger partial charge in [0.05, 0.1) is 7.11 Å². The van der Waals surface area contributed by atoms with Crippen LogP contribution in [0.1, 0.15) is 20.9 Å². The highest BCUT2D eigenvalue weighted by atomic mass is 16.5. The van der Waals surface area contributed by atoms with E-state index in [1.807, 2.05) is 6.07 Å². The topological polar surface area (TPSA) is 69.4 Å². The summed E-state index contributed by atoms with van der Waals surface area (Å²) in [5, 5.41) is 3.72. The summed E-state index contributed by atoms with van der Waals surface area (Å²) < 4.78 is 9.40. The summed E-state index contributed by atoms with van der Waals surface area (Å²) in [6.07, 6.45) is 0.436. The smallest absolute Gasteiger partial charge is 0.344 e. The number of methoxy groups -OCH3 is 1. The SMILES string of the molecule is COC(=O)c1c(-c2ccccc2)noc1C=O. The minimum atomic E-state index is -0.646. The number of carbonyl (C=O) groups is 2. The van der Waals surface area contributed by atoms with Crippen molar-refractivity contribution in [2.45, 2.75) is 0 Å². The zero-order valence-electron chi connectivity index (χ0n) is 9.04. The van der Waals surface area contributed by atoms with Crippen LogP contribution in [0.4, 0.5) is 0 Å². The van der Waals surface area contributed by atoms with Gasteiger partial charge in [0, 0.05) is 5.56 Å². The number of hydrogen-bond acceptors (Lipinski definition) is 5. The zero-order chi connectivity index (χ0) is 12.3. The molecule has 1 heterocycles. The lowest BCUT2D eigenvalue weighted by atomic mass is 10.1. The number of nitrogens with zero attached hydrogens (tertiary/aromatic N) is 1.